The number of carbonyl (C=O) groups excluding carboxylic acids is 1. The molecule has 218 valence electrons. The number of piperazine rings is 1. The topological polar surface area (TPSA) is 91.7 Å². The van der Waals surface area contributed by atoms with Crippen molar-refractivity contribution >= 4 is 23.6 Å². The molecule has 0 radical (unpaired) electrons. The van der Waals surface area contributed by atoms with Crippen molar-refractivity contribution in [2.75, 3.05) is 63.6 Å². The number of hydrogen-bond acceptors (Lipinski definition) is 9. The van der Waals surface area contributed by atoms with E-state index in [1.165, 1.54) is 37.2 Å². The maximum Gasteiger partial charge on any atom is 0.229 e. The third-order valence-corrected chi connectivity index (χ3v) is 8.42. The summed E-state index contributed by atoms with van der Waals surface area (Å²) >= 11 is 0. The lowest BCUT2D eigenvalue weighted by Crippen LogP contribution is -2.52. The molecule has 0 spiro atoms. The largest absolute Gasteiger partial charge is 0.494 e. The van der Waals surface area contributed by atoms with Crippen molar-refractivity contribution in [3.8, 4) is 22.8 Å². The Morgan fingerprint density at radius 1 is 1.00 bits per heavy atom. The van der Waals surface area contributed by atoms with Crippen LogP contribution in [0.25, 0.3) is 17.1 Å². The molecule has 4 aromatic rings. The van der Waals surface area contributed by atoms with Gasteiger partial charge in [0.1, 0.15) is 11.4 Å². The third-order valence-electron chi connectivity index (χ3n) is 8.42. The smallest absolute Gasteiger partial charge is 0.229 e. The lowest BCUT2D eigenvalue weighted by Gasteiger charge is -2.43. The Balaban J connectivity index is 1.18. The molecular formula is C32H38N8O2. The van der Waals surface area contributed by atoms with Gasteiger partial charge < -0.3 is 19.9 Å². The molecule has 0 unspecified atom stereocenters. The summed E-state index contributed by atoms with van der Waals surface area (Å²) < 4.78 is 7.42. The molecule has 2 aliphatic heterocycles. The van der Waals surface area contributed by atoms with Gasteiger partial charge in [-0.05, 0) is 38.4 Å². The molecule has 2 saturated heterocycles. The molecule has 0 atom stereocenters. The molecule has 1 N–H and O–H groups in total. The summed E-state index contributed by atoms with van der Waals surface area (Å²) in [5.41, 5.74) is 5.14. The van der Waals surface area contributed by atoms with Gasteiger partial charge in [0.15, 0.2) is 12.1 Å². The number of ether oxygens (including phenoxy) is 1. The number of hydrogen-bond donors (Lipinski definition) is 1. The molecule has 0 bridgehead atoms. The van der Waals surface area contributed by atoms with E-state index in [0.29, 0.717) is 29.1 Å². The Bertz CT molecular complexity index is 1520. The van der Waals surface area contributed by atoms with Crippen molar-refractivity contribution in [3.63, 3.8) is 0 Å². The van der Waals surface area contributed by atoms with Gasteiger partial charge >= 0.3 is 0 Å². The summed E-state index contributed by atoms with van der Waals surface area (Å²) in [5, 5.41) is 7.99. The van der Waals surface area contributed by atoms with Crippen molar-refractivity contribution in [2.24, 2.45) is 0 Å². The first-order valence-electron chi connectivity index (χ1n) is 14.6. The molecule has 10 heteroatoms. The molecule has 10 nitrogen and oxygen atoms in total. The quantitative estimate of drug-likeness (QED) is 0.311. The van der Waals surface area contributed by atoms with E-state index in [0.717, 1.165) is 49.5 Å². The van der Waals surface area contributed by atoms with Gasteiger partial charge in [-0.1, -0.05) is 30.3 Å². The van der Waals surface area contributed by atoms with E-state index in [1.807, 2.05) is 30.3 Å². The monoisotopic (exact) mass is 566 g/mol. The van der Waals surface area contributed by atoms with E-state index in [-0.39, 0.29) is 0 Å². The maximum atomic E-state index is 11.8. The molecule has 42 heavy (non-hydrogen) atoms. The minimum absolute atomic E-state index is 0.412. The zero-order chi connectivity index (χ0) is 29.1. The minimum Gasteiger partial charge on any atom is -0.494 e. The van der Waals surface area contributed by atoms with E-state index in [9.17, 15) is 4.79 Å². The van der Waals surface area contributed by atoms with Crippen LogP contribution >= 0.6 is 0 Å². The van der Waals surface area contributed by atoms with Gasteiger partial charge in [0.2, 0.25) is 5.95 Å². The van der Waals surface area contributed by atoms with Crippen LogP contribution in [0.5, 0.6) is 5.75 Å². The fraction of sp³-hybridized carbons (Fsp3) is 0.375. The summed E-state index contributed by atoms with van der Waals surface area (Å²) in [6.07, 6.45) is 6.53. The van der Waals surface area contributed by atoms with Crippen LogP contribution < -0.4 is 15.0 Å². The van der Waals surface area contributed by atoms with E-state index in [4.69, 9.17) is 4.74 Å². The van der Waals surface area contributed by atoms with Crippen LogP contribution in [0.3, 0.4) is 0 Å². The molecule has 0 aliphatic carbocycles. The van der Waals surface area contributed by atoms with E-state index >= 15 is 0 Å². The lowest BCUT2D eigenvalue weighted by molar-refractivity contribution is 0.0982. The fourth-order valence-corrected chi connectivity index (χ4v) is 6.01. The first-order chi connectivity index (χ1) is 20.5. The summed E-state index contributed by atoms with van der Waals surface area (Å²) in [6, 6.07) is 16.3. The van der Waals surface area contributed by atoms with Crippen molar-refractivity contribution < 1.29 is 9.53 Å². The van der Waals surface area contributed by atoms with Gasteiger partial charge in [-0.3, -0.25) is 9.69 Å². The summed E-state index contributed by atoms with van der Waals surface area (Å²) in [6.45, 7) is 8.88. The number of aromatic nitrogens is 4. The number of piperidine rings is 1. The van der Waals surface area contributed by atoms with Gasteiger partial charge in [-0.2, -0.15) is 10.1 Å². The van der Waals surface area contributed by atoms with E-state index in [1.54, 1.807) is 30.3 Å². The number of aryl methyl sites for hydroxylation is 1. The SMILES string of the molecule is COc1cc(N2CCC(N3CCN(C)CC3)CC2)c(C)cc1Nc1nccc(-n2cc(C=O)c(-c3ccccc3)n2)n1. The predicted molar refractivity (Wildman–Crippen MR) is 165 cm³/mol. The average Bonchev–Trinajstić information content (AvgIpc) is 3.47. The normalized spacial score (nSPS) is 16.9. The highest BCUT2D eigenvalue weighted by Crippen LogP contribution is 2.36. The molecule has 2 aliphatic rings. The Kier molecular flexibility index (Phi) is 8.16. The predicted octanol–water partition coefficient (Wildman–Crippen LogP) is 4.42. The number of likely N-dealkylation sites (N-methyl/N-ethyl adjacent to an activating group) is 1. The molecule has 2 fully saturated rings. The summed E-state index contributed by atoms with van der Waals surface area (Å²) in [5.74, 6) is 1.70. The second kappa shape index (κ2) is 12.3. The van der Waals surface area contributed by atoms with E-state index < -0.39 is 0 Å². The number of methoxy groups -OCH3 is 1. The first-order valence-corrected chi connectivity index (χ1v) is 14.6. The number of nitrogens with zero attached hydrogens (tertiary/aromatic N) is 7. The van der Waals surface area contributed by atoms with Gasteiger partial charge in [-0.15, -0.1) is 0 Å². The van der Waals surface area contributed by atoms with Crippen LogP contribution in [0.4, 0.5) is 17.3 Å². The van der Waals surface area contributed by atoms with Crippen LogP contribution in [0, 0.1) is 6.92 Å². The Morgan fingerprint density at radius 3 is 2.48 bits per heavy atom. The average molecular weight is 567 g/mol. The van der Waals surface area contributed by atoms with Gasteiger partial charge in [-0.25, -0.2) is 9.67 Å². The molecule has 2 aromatic heterocycles. The van der Waals surface area contributed by atoms with Crippen molar-refractivity contribution in [1.29, 1.82) is 0 Å². The Morgan fingerprint density at radius 2 is 1.76 bits per heavy atom. The molecule has 2 aromatic carbocycles. The highest BCUT2D eigenvalue weighted by atomic mass is 16.5. The molecule has 6 rings (SSSR count). The van der Waals surface area contributed by atoms with Gasteiger partial charge in [0.25, 0.3) is 0 Å². The Labute approximate surface area is 246 Å². The van der Waals surface area contributed by atoms with Crippen molar-refractivity contribution in [3.05, 3.63) is 72.1 Å². The second-order valence-electron chi connectivity index (χ2n) is 11.1. The Hall–Kier alpha value is -4.28. The van der Waals surface area contributed by atoms with E-state index in [2.05, 4.69) is 61.2 Å². The number of rotatable bonds is 8. The summed E-state index contributed by atoms with van der Waals surface area (Å²) in [7, 11) is 3.90. The van der Waals surface area contributed by atoms with Crippen molar-refractivity contribution in [2.45, 2.75) is 25.8 Å². The zero-order valence-electron chi connectivity index (χ0n) is 24.5. The van der Waals surface area contributed by atoms with Crippen LogP contribution in [0.1, 0.15) is 28.8 Å². The number of aldehydes is 1. The maximum absolute atomic E-state index is 11.8. The highest BCUT2D eigenvalue weighted by Gasteiger charge is 2.27. The van der Waals surface area contributed by atoms with Crippen LogP contribution in [0.2, 0.25) is 0 Å². The van der Waals surface area contributed by atoms with Crippen LogP contribution in [-0.2, 0) is 0 Å². The number of carbonyl (C=O) groups is 1. The lowest BCUT2D eigenvalue weighted by atomic mass is 10.0. The molecule has 0 amide bonds. The highest BCUT2D eigenvalue weighted by molar-refractivity contribution is 5.85. The second-order valence-corrected chi connectivity index (χ2v) is 11.1. The van der Waals surface area contributed by atoms with Crippen molar-refractivity contribution in [1.82, 2.24) is 29.5 Å². The van der Waals surface area contributed by atoms with Gasteiger partial charge in [0, 0.05) is 81.1 Å². The van der Waals surface area contributed by atoms with Crippen LogP contribution in [0.15, 0.2) is 60.9 Å². The fourth-order valence-electron chi connectivity index (χ4n) is 6.01. The third kappa shape index (κ3) is 5.86. The first kappa shape index (κ1) is 27.9. The van der Waals surface area contributed by atoms with Gasteiger partial charge in [0.05, 0.1) is 18.4 Å². The molecular weight excluding hydrogens is 528 g/mol. The van der Waals surface area contributed by atoms with Crippen LogP contribution in [-0.4, -0.2) is 95.3 Å². The zero-order valence-corrected chi connectivity index (χ0v) is 24.5. The molecule has 4 heterocycles. The number of benzene rings is 2. The standard InChI is InChI=1S/C32H38N8O2/c1-23-19-27(29(42-3)20-28(23)39-13-10-26(11-14-39)38-17-15-37(2)16-18-38)34-32-33-12-9-30(35-32)40-21-25(22-41)31(36-40)24-7-5-4-6-8-24/h4-9,12,19-22,26H,10-11,13-18H2,1-3H3,(H,33,34,35). The number of nitrogens with one attached hydrogen (secondary N) is 1. The molecule has 0 saturated carbocycles. The number of anilines is 3. The minimum atomic E-state index is 0.412. The summed E-state index contributed by atoms with van der Waals surface area (Å²) in [4.78, 5) is 28.5.